The predicted molar refractivity (Wildman–Crippen MR) is 427 cm³/mol. The lowest BCUT2D eigenvalue weighted by Gasteiger charge is -2.24. The summed E-state index contributed by atoms with van der Waals surface area (Å²) in [4.78, 5) is 36.0. The molecule has 0 saturated heterocycles. The first-order valence-electron chi connectivity index (χ1n) is 43.7. The van der Waals surface area contributed by atoms with Gasteiger partial charge in [-0.2, -0.15) is 0 Å². The molecule has 0 fully saturated rings. The van der Waals surface area contributed by atoms with Crippen molar-refractivity contribution in [3.05, 3.63) is 36.5 Å². The zero-order valence-electron chi connectivity index (χ0n) is 66.6. The van der Waals surface area contributed by atoms with E-state index < -0.39 is 26.5 Å². The van der Waals surface area contributed by atoms with E-state index in [1.165, 1.54) is 392 Å². The molecule has 0 heterocycles. The monoisotopic (exact) mass is 1400 g/mol. The third-order valence-corrected chi connectivity index (χ3v) is 21.1. The van der Waals surface area contributed by atoms with Gasteiger partial charge in [-0.05, 0) is 70.6 Å². The molecule has 0 saturated carbocycles. The van der Waals surface area contributed by atoms with Crippen LogP contribution in [0, 0.1) is 0 Å². The number of allylic oxidation sites excluding steroid dienone is 6. The second-order valence-electron chi connectivity index (χ2n) is 31.3. The van der Waals surface area contributed by atoms with Gasteiger partial charge in [0, 0.05) is 12.8 Å². The zero-order valence-corrected chi connectivity index (χ0v) is 67.5. The van der Waals surface area contributed by atoms with Gasteiger partial charge in [-0.15, -0.1) is 0 Å². The van der Waals surface area contributed by atoms with Crippen LogP contribution < -0.4 is 0 Å². The number of unbranched alkanes of at least 4 members (excludes halogenated alkanes) is 63. The molecular weight excluding hydrogens is 1230 g/mol. The molecule has 0 rings (SSSR count). The summed E-state index contributed by atoms with van der Waals surface area (Å²) in [5.41, 5.74) is 0. The van der Waals surface area contributed by atoms with Crippen molar-refractivity contribution in [3.8, 4) is 0 Å². The second-order valence-corrected chi connectivity index (χ2v) is 32.7. The molecule has 10 heteroatoms. The highest BCUT2D eigenvalue weighted by Crippen LogP contribution is 2.43. The molecule has 0 spiro atoms. The number of hydrogen-bond acceptors (Lipinski definition) is 7. The molecule has 98 heavy (non-hydrogen) atoms. The number of carbonyl (C=O) groups is 2. The normalized spacial score (nSPS) is 13.1. The van der Waals surface area contributed by atoms with E-state index in [9.17, 15) is 19.0 Å². The van der Waals surface area contributed by atoms with Crippen LogP contribution in [0.5, 0.6) is 0 Å². The van der Waals surface area contributed by atoms with Crippen molar-refractivity contribution >= 4 is 19.8 Å². The third kappa shape index (κ3) is 83.2. The van der Waals surface area contributed by atoms with Crippen molar-refractivity contribution in [1.82, 2.24) is 0 Å². The molecule has 0 aliphatic rings. The minimum Gasteiger partial charge on any atom is -0.462 e. The van der Waals surface area contributed by atoms with E-state index in [-0.39, 0.29) is 25.6 Å². The molecule has 2 unspecified atom stereocenters. The van der Waals surface area contributed by atoms with Crippen LogP contribution in [0.15, 0.2) is 36.5 Å². The molecule has 0 aliphatic carbocycles. The van der Waals surface area contributed by atoms with Gasteiger partial charge < -0.3 is 18.9 Å². The average Bonchev–Trinajstić information content (AvgIpc) is 1.08. The lowest BCUT2D eigenvalue weighted by Crippen LogP contribution is -2.37. The second kappa shape index (κ2) is 79.3. The lowest BCUT2D eigenvalue weighted by molar-refractivity contribution is -0.870. The van der Waals surface area contributed by atoms with Gasteiger partial charge in [0.25, 0.3) is 0 Å². The first kappa shape index (κ1) is 96.2. The van der Waals surface area contributed by atoms with E-state index in [0.717, 1.165) is 44.9 Å². The minimum atomic E-state index is -4.39. The largest absolute Gasteiger partial charge is 0.472 e. The van der Waals surface area contributed by atoms with Crippen LogP contribution in [0.1, 0.15) is 463 Å². The molecule has 0 amide bonds. The topological polar surface area (TPSA) is 108 Å². The molecule has 0 aromatic rings. The molecule has 0 aromatic carbocycles. The molecule has 580 valence electrons. The fourth-order valence-electron chi connectivity index (χ4n) is 13.5. The predicted octanol–water partition coefficient (Wildman–Crippen LogP) is 29.3. The molecular formula is C88H171NO8P+. The zero-order chi connectivity index (χ0) is 71.1. The molecule has 0 aromatic heterocycles. The highest BCUT2D eigenvalue weighted by molar-refractivity contribution is 7.47. The van der Waals surface area contributed by atoms with Crippen LogP contribution in [0.2, 0.25) is 0 Å². The first-order chi connectivity index (χ1) is 48.0. The molecule has 0 radical (unpaired) electrons. The Bertz CT molecular complexity index is 1740. The van der Waals surface area contributed by atoms with Crippen molar-refractivity contribution < 1.29 is 42.1 Å². The van der Waals surface area contributed by atoms with E-state index in [4.69, 9.17) is 18.5 Å². The Morgan fingerprint density at radius 3 is 0.816 bits per heavy atom. The first-order valence-corrected chi connectivity index (χ1v) is 45.2. The summed E-state index contributed by atoms with van der Waals surface area (Å²) in [6.07, 6.45) is 105. The molecule has 1 N–H and O–H groups in total. The standard InChI is InChI=1S/C88H170NO8P/c1-6-8-10-12-14-16-18-20-22-24-26-28-30-32-34-36-38-40-41-42-43-44-45-46-47-49-51-53-55-57-59-61-63-65-67-69-71-73-75-77-79-81-88(91)97-86(85-96-98(92,93)95-83-82-89(3,4)5)84-94-87(90)80-78-76-74-72-70-68-66-64-62-60-58-56-54-52-50-48-39-37-35-33-31-29-27-25-23-21-19-17-15-13-11-9-7-2/h18,20,24-27,86H,6-17,19,21-23,28-85H2,1-5H3/p+1/b20-18-,26-24-,27-25-. The minimum absolute atomic E-state index is 0.0359. The number of phosphoric ester groups is 1. The maximum Gasteiger partial charge on any atom is 0.472 e. The lowest BCUT2D eigenvalue weighted by atomic mass is 10.0. The quantitative estimate of drug-likeness (QED) is 0.0211. The summed E-state index contributed by atoms with van der Waals surface area (Å²) in [6.45, 7) is 4.51. The van der Waals surface area contributed by atoms with Crippen LogP contribution in [-0.4, -0.2) is 74.9 Å². The van der Waals surface area contributed by atoms with Crippen molar-refractivity contribution in [2.24, 2.45) is 0 Å². The Morgan fingerprint density at radius 2 is 0.551 bits per heavy atom. The number of nitrogens with zero attached hydrogens (tertiary/aromatic N) is 1. The van der Waals surface area contributed by atoms with Gasteiger partial charge in [0.2, 0.25) is 0 Å². The van der Waals surface area contributed by atoms with E-state index in [1.54, 1.807) is 0 Å². The Morgan fingerprint density at radius 1 is 0.316 bits per heavy atom. The van der Waals surface area contributed by atoms with Crippen LogP contribution in [0.25, 0.3) is 0 Å². The van der Waals surface area contributed by atoms with Crippen molar-refractivity contribution in [1.29, 1.82) is 0 Å². The Kier molecular flexibility index (Phi) is 77.9. The van der Waals surface area contributed by atoms with Crippen LogP contribution in [0.3, 0.4) is 0 Å². The summed E-state index contributed by atoms with van der Waals surface area (Å²) < 4.78 is 34.9. The number of hydrogen-bond donors (Lipinski definition) is 1. The van der Waals surface area contributed by atoms with Crippen LogP contribution >= 0.6 is 7.82 Å². The molecule has 0 aliphatic heterocycles. The number of phosphoric acid groups is 1. The van der Waals surface area contributed by atoms with Crippen LogP contribution in [0.4, 0.5) is 0 Å². The van der Waals surface area contributed by atoms with E-state index in [0.29, 0.717) is 17.4 Å². The maximum absolute atomic E-state index is 12.9. The summed E-state index contributed by atoms with van der Waals surface area (Å²) in [7, 11) is 1.51. The third-order valence-electron chi connectivity index (χ3n) is 20.1. The number of esters is 2. The maximum atomic E-state index is 12.9. The Labute approximate surface area is 612 Å². The molecule has 0 bridgehead atoms. The summed E-state index contributed by atoms with van der Waals surface area (Å²) in [6, 6.07) is 0. The Hall–Kier alpha value is -1.77. The van der Waals surface area contributed by atoms with Gasteiger partial charge >= 0.3 is 19.8 Å². The van der Waals surface area contributed by atoms with Gasteiger partial charge in [-0.3, -0.25) is 18.6 Å². The van der Waals surface area contributed by atoms with Crippen molar-refractivity contribution in [3.63, 3.8) is 0 Å². The smallest absolute Gasteiger partial charge is 0.462 e. The number of quaternary nitrogens is 1. The van der Waals surface area contributed by atoms with Crippen molar-refractivity contribution in [2.75, 3.05) is 47.5 Å². The average molecular weight is 1400 g/mol. The van der Waals surface area contributed by atoms with Gasteiger partial charge in [-0.25, -0.2) is 4.57 Å². The van der Waals surface area contributed by atoms with Gasteiger partial charge in [0.05, 0.1) is 27.7 Å². The van der Waals surface area contributed by atoms with Crippen molar-refractivity contribution in [2.45, 2.75) is 469 Å². The highest BCUT2D eigenvalue weighted by atomic mass is 31.2. The fourth-order valence-corrected chi connectivity index (χ4v) is 14.2. The summed E-state index contributed by atoms with van der Waals surface area (Å²) in [5, 5.41) is 0. The summed E-state index contributed by atoms with van der Waals surface area (Å²) >= 11 is 0. The van der Waals surface area contributed by atoms with E-state index in [2.05, 4.69) is 50.3 Å². The number of ether oxygens (including phenoxy) is 2. The van der Waals surface area contributed by atoms with Gasteiger partial charge in [0.1, 0.15) is 19.8 Å². The number of carbonyl (C=O) groups excluding carboxylic acids is 2. The van der Waals surface area contributed by atoms with E-state index >= 15 is 0 Å². The van der Waals surface area contributed by atoms with Gasteiger partial charge in [-0.1, -0.05) is 416 Å². The number of likely N-dealkylation sites (N-methyl/N-ethyl adjacent to an activating group) is 1. The molecule has 9 nitrogen and oxygen atoms in total. The van der Waals surface area contributed by atoms with Gasteiger partial charge in [0.15, 0.2) is 6.10 Å². The SMILES string of the molecule is CCCCCCC/C=C\C/C=C\CCCCCCCCCCCCCCCCCCCCCCCCCCCCCCCC(=O)OC(COC(=O)CCCCCCCCCCCCCCCCCCCCCCC/C=C\CCCCCCCCCC)COP(=O)(O)OCC[N+](C)(C)C. The highest BCUT2D eigenvalue weighted by Gasteiger charge is 2.27. The Balaban J connectivity index is 3.84. The number of rotatable bonds is 83. The van der Waals surface area contributed by atoms with E-state index in [1.807, 2.05) is 21.1 Å². The molecule has 2 atom stereocenters. The fraction of sp³-hybridized carbons (Fsp3) is 0.909. The summed E-state index contributed by atoms with van der Waals surface area (Å²) in [5.74, 6) is -0.768. The van der Waals surface area contributed by atoms with Crippen LogP contribution in [-0.2, 0) is 32.7 Å².